The lowest BCUT2D eigenvalue weighted by atomic mass is 10.2. The van der Waals surface area contributed by atoms with Crippen LogP contribution in [0.5, 0.6) is 0 Å². The van der Waals surface area contributed by atoms with Crippen LogP contribution in [0.25, 0.3) is 0 Å². The average molecular weight is 470 g/mol. The van der Waals surface area contributed by atoms with Gasteiger partial charge in [0.15, 0.2) is 0 Å². The van der Waals surface area contributed by atoms with Crippen molar-refractivity contribution in [2.45, 2.75) is 32.9 Å². The third-order valence-corrected chi connectivity index (χ3v) is 11.7. The Morgan fingerprint density at radius 1 is 0.727 bits per heavy atom. The smallest absolute Gasteiger partial charge is 0.137 e. The molecule has 2 heterocycles. The van der Waals surface area contributed by atoms with Gasteiger partial charge in [0, 0.05) is 5.66 Å². The number of allylic oxidation sites excluding steroid dienone is 4. The zero-order valence-electron chi connectivity index (χ0n) is 19.2. The van der Waals surface area contributed by atoms with Crippen LogP contribution in [0.15, 0.2) is 117 Å². The summed E-state index contributed by atoms with van der Waals surface area (Å²) in [5.74, 6) is 0. The molecule has 1 aliphatic rings. The molecule has 166 valence electrons. The Kier molecular flexibility index (Phi) is 6.50. The normalized spacial score (nSPS) is 14.6. The summed E-state index contributed by atoms with van der Waals surface area (Å²) in [5.41, 5.74) is 6.53. The van der Waals surface area contributed by atoms with E-state index in [1.54, 1.807) is 12.5 Å². The number of furan rings is 2. The summed E-state index contributed by atoms with van der Waals surface area (Å²) in [6, 6.07) is 25.9. The van der Waals surface area contributed by atoms with Crippen LogP contribution in [-0.4, -0.2) is 5.66 Å². The van der Waals surface area contributed by atoms with Gasteiger partial charge in [-0.15, -0.1) is 0 Å². The van der Waals surface area contributed by atoms with Crippen LogP contribution < -0.4 is 21.6 Å². The van der Waals surface area contributed by atoms with E-state index in [1.807, 2.05) is 12.1 Å². The maximum absolute atomic E-state index is 5.94. The number of aryl methyl sites for hydroxylation is 2. The van der Waals surface area contributed by atoms with Crippen LogP contribution >= 0.6 is 15.8 Å². The van der Waals surface area contributed by atoms with Gasteiger partial charge in [-0.1, -0.05) is 67.6 Å². The van der Waals surface area contributed by atoms with Gasteiger partial charge in [0.1, 0.15) is 11.0 Å². The minimum Gasteiger partial charge on any atom is -0.464 e. The van der Waals surface area contributed by atoms with Gasteiger partial charge in [0.2, 0.25) is 0 Å². The molecule has 4 aromatic rings. The summed E-state index contributed by atoms with van der Waals surface area (Å²) in [7, 11) is -1.42. The van der Waals surface area contributed by atoms with Gasteiger partial charge in [0.25, 0.3) is 0 Å². The molecule has 2 aromatic carbocycles. The second kappa shape index (κ2) is 9.68. The summed E-state index contributed by atoms with van der Waals surface area (Å²) in [4.78, 5) is 0. The molecule has 0 fully saturated rings. The molecule has 2 nitrogen and oxygen atoms in total. The Morgan fingerprint density at radius 2 is 1.27 bits per heavy atom. The highest BCUT2D eigenvalue weighted by Crippen LogP contribution is 2.54. The highest BCUT2D eigenvalue weighted by molar-refractivity contribution is 7.76. The second-order valence-corrected chi connectivity index (χ2v) is 12.9. The molecule has 0 saturated heterocycles. The molecule has 0 unspecified atom stereocenters. The molecule has 0 spiro atoms. The Morgan fingerprint density at radius 3 is 1.76 bits per heavy atom. The Bertz CT molecular complexity index is 1200. The maximum atomic E-state index is 5.94. The van der Waals surface area contributed by atoms with Crippen molar-refractivity contribution < 1.29 is 8.83 Å². The monoisotopic (exact) mass is 470 g/mol. The number of hydrogen-bond donors (Lipinski definition) is 0. The van der Waals surface area contributed by atoms with Crippen LogP contribution in [0.3, 0.4) is 0 Å². The van der Waals surface area contributed by atoms with Crippen molar-refractivity contribution >= 4 is 37.5 Å². The van der Waals surface area contributed by atoms with Crippen LogP contribution in [-0.2, 0) is 0 Å². The highest BCUT2D eigenvalue weighted by atomic mass is 31.1. The zero-order valence-corrected chi connectivity index (χ0v) is 21.0. The molecule has 0 aliphatic heterocycles. The predicted octanol–water partition coefficient (Wildman–Crippen LogP) is 6.66. The largest absolute Gasteiger partial charge is 0.464 e. The third kappa shape index (κ3) is 4.31. The van der Waals surface area contributed by atoms with E-state index in [-0.39, 0.29) is 0 Å². The number of benzene rings is 2. The quantitative estimate of drug-likeness (QED) is 0.283. The molecule has 0 amide bonds. The maximum Gasteiger partial charge on any atom is 0.137 e. The number of hydrogen-bond acceptors (Lipinski definition) is 2. The van der Waals surface area contributed by atoms with Gasteiger partial charge in [-0.2, -0.15) is 0 Å². The lowest BCUT2D eigenvalue weighted by Gasteiger charge is -2.30. The van der Waals surface area contributed by atoms with Crippen molar-refractivity contribution in [3.63, 3.8) is 0 Å². The first-order chi connectivity index (χ1) is 16.1. The summed E-state index contributed by atoms with van der Waals surface area (Å²) < 4.78 is 11.9. The topological polar surface area (TPSA) is 26.3 Å². The van der Waals surface area contributed by atoms with Crippen LogP contribution in [0.2, 0.25) is 0 Å². The summed E-state index contributed by atoms with van der Waals surface area (Å²) in [5, 5.41) is 4.36. The molecule has 0 saturated carbocycles. The van der Waals surface area contributed by atoms with E-state index in [4.69, 9.17) is 8.83 Å². The van der Waals surface area contributed by atoms with Gasteiger partial charge in [0.05, 0.1) is 20.4 Å². The first-order valence-electron chi connectivity index (χ1n) is 11.3. The zero-order chi connectivity index (χ0) is 22.8. The van der Waals surface area contributed by atoms with Crippen molar-refractivity contribution in [2.24, 2.45) is 0 Å². The molecule has 5 rings (SSSR count). The fourth-order valence-electron chi connectivity index (χ4n) is 4.63. The minimum absolute atomic E-state index is 0.367. The molecular weight excluding hydrogens is 442 g/mol. The molecular formula is C29H28O2P2. The SMILES string of the molecule is Cc1ccccc1P(c1ccccc1C)[C@@H](C)C1=C(P(c2ccco2)c2ccco2)CC=C1. The van der Waals surface area contributed by atoms with Gasteiger partial charge in [-0.3, -0.25) is 0 Å². The molecule has 0 N–H and O–H groups in total. The van der Waals surface area contributed by atoms with Crippen molar-refractivity contribution in [3.8, 4) is 0 Å². The second-order valence-electron chi connectivity index (χ2n) is 8.37. The van der Waals surface area contributed by atoms with E-state index in [1.165, 1.54) is 32.6 Å². The van der Waals surface area contributed by atoms with Gasteiger partial charge in [-0.05, 0) is 85.1 Å². The standard InChI is InChI=1S/C29H28O2P2/c1-21-11-4-6-14-25(21)32(26-15-7-5-12-22(26)2)23(3)24-13-8-16-27(24)33(28-17-9-19-30-28)29-18-10-20-31-29/h4-15,17-20,23H,16H2,1-3H3/t23-/m0/s1. The lowest BCUT2D eigenvalue weighted by Crippen LogP contribution is -2.24. The molecule has 1 atom stereocenters. The molecule has 0 bridgehead atoms. The summed E-state index contributed by atoms with van der Waals surface area (Å²) in [6.07, 6.45) is 9.15. The summed E-state index contributed by atoms with van der Waals surface area (Å²) >= 11 is 0. The van der Waals surface area contributed by atoms with E-state index in [9.17, 15) is 0 Å². The van der Waals surface area contributed by atoms with Crippen molar-refractivity contribution in [2.75, 3.05) is 0 Å². The Labute approximate surface area is 198 Å². The van der Waals surface area contributed by atoms with Crippen molar-refractivity contribution in [1.82, 2.24) is 0 Å². The van der Waals surface area contributed by atoms with Gasteiger partial charge < -0.3 is 8.83 Å². The fraction of sp³-hybridized carbons (Fsp3) is 0.172. The molecule has 0 radical (unpaired) electrons. The van der Waals surface area contributed by atoms with Crippen molar-refractivity contribution in [3.05, 3.63) is 119 Å². The molecule has 4 heteroatoms. The predicted molar refractivity (Wildman–Crippen MR) is 142 cm³/mol. The van der Waals surface area contributed by atoms with Crippen LogP contribution in [0, 0.1) is 13.8 Å². The van der Waals surface area contributed by atoms with E-state index >= 15 is 0 Å². The first-order valence-corrected chi connectivity index (χ1v) is 14.1. The highest BCUT2D eigenvalue weighted by Gasteiger charge is 2.33. The first kappa shape index (κ1) is 22.1. The van der Waals surface area contributed by atoms with E-state index in [0.29, 0.717) is 5.66 Å². The van der Waals surface area contributed by atoms with E-state index < -0.39 is 15.8 Å². The van der Waals surface area contributed by atoms with Crippen LogP contribution in [0.1, 0.15) is 24.5 Å². The molecule has 33 heavy (non-hydrogen) atoms. The average Bonchev–Trinajstić information content (AvgIpc) is 3.61. The Hall–Kier alpha value is -2.66. The fourth-order valence-corrected chi connectivity index (χ4v) is 10.1. The van der Waals surface area contributed by atoms with Gasteiger partial charge in [-0.25, -0.2) is 0 Å². The molecule has 2 aromatic heterocycles. The summed E-state index contributed by atoms with van der Waals surface area (Å²) in [6.45, 7) is 6.90. The lowest BCUT2D eigenvalue weighted by molar-refractivity contribution is 0.593. The third-order valence-electron chi connectivity index (χ3n) is 6.25. The van der Waals surface area contributed by atoms with E-state index in [2.05, 4.69) is 93.6 Å². The minimum atomic E-state index is -0.833. The van der Waals surface area contributed by atoms with Gasteiger partial charge >= 0.3 is 0 Å². The number of rotatable bonds is 7. The van der Waals surface area contributed by atoms with E-state index in [0.717, 1.165) is 17.4 Å². The molecule has 1 aliphatic carbocycles. The van der Waals surface area contributed by atoms with Crippen molar-refractivity contribution in [1.29, 1.82) is 0 Å². The Balaban J connectivity index is 1.66. The van der Waals surface area contributed by atoms with Crippen LogP contribution in [0.4, 0.5) is 0 Å².